The molecule has 0 radical (unpaired) electrons. The lowest BCUT2D eigenvalue weighted by Gasteiger charge is -2.32. The van der Waals surface area contributed by atoms with E-state index in [1.807, 2.05) is 86.6 Å². The Labute approximate surface area is 262 Å². The van der Waals surface area contributed by atoms with Crippen LogP contribution >= 0.6 is 11.8 Å². The number of ether oxygens (including phenoxy) is 2. The molecule has 2 amide bonds. The van der Waals surface area contributed by atoms with Crippen LogP contribution < -0.4 is 15.0 Å². The molecule has 9 nitrogen and oxygen atoms in total. The molecule has 0 spiro atoms. The van der Waals surface area contributed by atoms with E-state index < -0.39 is 6.04 Å². The Morgan fingerprint density at radius 1 is 0.955 bits per heavy atom. The second-order valence-electron chi connectivity index (χ2n) is 10.5. The van der Waals surface area contributed by atoms with E-state index in [9.17, 15) is 9.59 Å². The zero-order chi connectivity index (χ0) is 30.9. The first-order chi connectivity index (χ1) is 21.4. The first-order valence-corrected chi connectivity index (χ1v) is 15.5. The molecule has 44 heavy (non-hydrogen) atoms. The number of aryl methyl sites for hydroxylation is 2. The largest absolute Gasteiger partial charge is 0.497 e. The summed E-state index contributed by atoms with van der Waals surface area (Å²) in [7, 11) is 1.59. The highest BCUT2D eigenvalue weighted by Crippen LogP contribution is 2.29. The van der Waals surface area contributed by atoms with Crippen LogP contribution in [-0.4, -0.2) is 65.8 Å². The average molecular weight is 612 g/mol. The molecule has 4 aromatic rings. The number of nitrogens with one attached hydrogen (secondary N) is 1. The van der Waals surface area contributed by atoms with E-state index in [0.29, 0.717) is 35.4 Å². The SMILES string of the molecule is COc1ccc(C(C(=O)Nc2ccc(N3CCOCC3)cc2)N(Cc2ccccc2)C(=O)CSc2nc(C)cc(C)n2)cc1. The fraction of sp³-hybridized carbons (Fsp3) is 0.294. The minimum Gasteiger partial charge on any atom is -0.497 e. The minimum atomic E-state index is -0.909. The smallest absolute Gasteiger partial charge is 0.251 e. The van der Waals surface area contributed by atoms with E-state index in [2.05, 4.69) is 20.2 Å². The summed E-state index contributed by atoms with van der Waals surface area (Å²) in [6.07, 6.45) is 0. The molecule has 1 saturated heterocycles. The number of aromatic nitrogens is 2. The standard InChI is InChI=1S/C34H37N5O4S/c1-24-21-25(2)36-34(35-24)44-23-31(40)39(22-26-7-5-4-6-8-26)32(27-9-15-30(42-3)16-10-27)33(41)37-28-11-13-29(14-12-28)38-17-19-43-20-18-38/h4-16,21,32H,17-20,22-23H2,1-3H3,(H,37,41). The zero-order valence-electron chi connectivity index (χ0n) is 25.2. The summed E-state index contributed by atoms with van der Waals surface area (Å²) in [5, 5.41) is 3.60. The van der Waals surface area contributed by atoms with E-state index in [1.165, 1.54) is 11.8 Å². The number of benzene rings is 3. The third-order valence-electron chi connectivity index (χ3n) is 7.31. The third kappa shape index (κ3) is 8.15. The molecule has 10 heteroatoms. The van der Waals surface area contributed by atoms with E-state index in [4.69, 9.17) is 9.47 Å². The fourth-order valence-corrected chi connectivity index (χ4v) is 5.95. The van der Waals surface area contributed by atoms with Crippen LogP contribution in [0.2, 0.25) is 0 Å². The lowest BCUT2D eigenvalue weighted by molar-refractivity contribution is -0.137. The molecule has 0 saturated carbocycles. The summed E-state index contributed by atoms with van der Waals surface area (Å²) in [6.45, 7) is 7.09. The molecule has 1 atom stereocenters. The topological polar surface area (TPSA) is 96.9 Å². The van der Waals surface area contributed by atoms with Crippen LogP contribution in [0.3, 0.4) is 0 Å². The number of carbonyl (C=O) groups is 2. The minimum absolute atomic E-state index is 0.0733. The molecule has 2 heterocycles. The van der Waals surface area contributed by atoms with Crippen molar-refractivity contribution in [2.24, 2.45) is 0 Å². The lowest BCUT2D eigenvalue weighted by Crippen LogP contribution is -2.41. The molecular formula is C34H37N5O4S. The Hall–Kier alpha value is -4.41. The molecule has 228 valence electrons. The van der Waals surface area contributed by atoms with Gasteiger partial charge in [-0.2, -0.15) is 0 Å². The van der Waals surface area contributed by atoms with Crippen LogP contribution in [0.4, 0.5) is 11.4 Å². The van der Waals surface area contributed by atoms with Crippen LogP contribution in [0.1, 0.15) is 28.6 Å². The Morgan fingerprint density at radius 2 is 1.61 bits per heavy atom. The molecule has 3 aromatic carbocycles. The number of hydrogen-bond donors (Lipinski definition) is 1. The van der Waals surface area contributed by atoms with Gasteiger partial charge in [-0.1, -0.05) is 54.2 Å². The second kappa shape index (κ2) is 14.9. The Balaban J connectivity index is 1.44. The molecule has 5 rings (SSSR count). The summed E-state index contributed by atoms with van der Waals surface area (Å²) in [5.41, 5.74) is 4.98. The molecule has 1 fully saturated rings. The predicted molar refractivity (Wildman–Crippen MR) is 173 cm³/mol. The maximum atomic E-state index is 14.2. The molecular weight excluding hydrogens is 574 g/mol. The predicted octanol–water partition coefficient (Wildman–Crippen LogP) is 5.44. The first kappa shape index (κ1) is 31.0. The number of rotatable bonds is 11. The van der Waals surface area contributed by atoms with Crippen molar-refractivity contribution in [3.8, 4) is 5.75 Å². The van der Waals surface area contributed by atoms with Gasteiger partial charge in [-0.05, 0) is 67.4 Å². The second-order valence-corrected chi connectivity index (χ2v) is 11.5. The van der Waals surface area contributed by atoms with E-state index in [-0.39, 0.29) is 24.1 Å². The summed E-state index contributed by atoms with van der Waals surface area (Å²) >= 11 is 1.27. The Morgan fingerprint density at radius 3 is 2.25 bits per heavy atom. The van der Waals surface area contributed by atoms with Crippen LogP contribution in [0, 0.1) is 13.8 Å². The van der Waals surface area contributed by atoms with Crippen molar-refractivity contribution in [1.82, 2.24) is 14.9 Å². The highest BCUT2D eigenvalue weighted by Gasteiger charge is 2.32. The van der Waals surface area contributed by atoms with Gasteiger partial charge in [0.15, 0.2) is 5.16 Å². The van der Waals surface area contributed by atoms with Gasteiger partial charge in [-0.15, -0.1) is 0 Å². The number of carbonyl (C=O) groups excluding carboxylic acids is 2. The fourth-order valence-electron chi connectivity index (χ4n) is 5.12. The number of morpholine rings is 1. The van der Waals surface area contributed by atoms with E-state index in [1.54, 1.807) is 24.1 Å². The van der Waals surface area contributed by atoms with Crippen LogP contribution in [-0.2, 0) is 20.9 Å². The number of thioether (sulfide) groups is 1. The van der Waals surface area contributed by atoms with Gasteiger partial charge in [0, 0.05) is 42.4 Å². The van der Waals surface area contributed by atoms with Crippen molar-refractivity contribution in [1.29, 1.82) is 0 Å². The monoisotopic (exact) mass is 611 g/mol. The van der Waals surface area contributed by atoms with Crippen LogP contribution in [0.25, 0.3) is 0 Å². The van der Waals surface area contributed by atoms with Gasteiger partial charge in [-0.25, -0.2) is 9.97 Å². The van der Waals surface area contributed by atoms with Gasteiger partial charge in [0.2, 0.25) is 5.91 Å². The number of nitrogens with zero attached hydrogens (tertiary/aromatic N) is 4. The average Bonchev–Trinajstić information content (AvgIpc) is 3.04. The molecule has 1 aromatic heterocycles. The van der Waals surface area contributed by atoms with E-state index in [0.717, 1.165) is 35.7 Å². The summed E-state index contributed by atoms with van der Waals surface area (Å²) in [6, 6.07) is 25.7. The van der Waals surface area contributed by atoms with Crippen molar-refractivity contribution in [2.45, 2.75) is 31.6 Å². The maximum absolute atomic E-state index is 14.2. The van der Waals surface area contributed by atoms with Crippen LogP contribution in [0.5, 0.6) is 5.75 Å². The van der Waals surface area contributed by atoms with E-state index >= 15 is 0 Å². The van der Waals surface area contributed by atoms with Gasteiger partial charge in [0.1, 0.15) is 11.8 Å². The normalized spacial score (nSPS) is 13.7. The first-order valence-electron chi connectivity index (χ1n) is 14.6. The molecule has 1 N–H and O–H groups in total. The lowest BCUT2D eigenvalue weighted by atomic mass is 10.0. The zero-order valence-corrected chi connectivity index (χ0v) is 26.0. The molecule has 1 aliphatic rings. The van der Waals surface area contributed by atoms with Gasteiger partial charge in [-0.3, -0.25) is 9.59 Å². The van der Waals surface area contributed by atoms with Crippen molar-refractivity contribution >= 4 is 35.0 Å². The summed E-state index contributed by atoms with van der Waals surface area (Å²) in [5.74, 6) is 0.214. The molecule has 1 unspecified atom stereocenters. The van der Waals surface area contributed by atoms with Crippen molar-refractivity contribution < 1.29 is 19.1 Å². The van der Waals surface area contributed by atoms with Gasteiger partial charge in [0.25, 0.3) is 5.91 Å². The Bertz CT molecular complexity index is 1520. The molecule has 0 bridgehead atoms. The van der Waals surface area contributed by atoms with Gasteiger partial charge >= 0.3 is 0 Å². The summed E-state index contributed by atoms with van der Waals surface area (Å²) < 4.78 is 10.8. The third-order valence-corrected chi connectivity index (χ3v) is 8.14. The van der Waals surface area contributed by atoms with Gasteiger partial charge in [0.05, 0.1) is 26.1 Å². The number of methoxy groups -OCH3 is 1. The van der Waals surface area contributed by atoms with Crippen molar-refractivity contribution in [2.75, 3.05) is 49.4 Å². The van der Waals surface area contributed by atoms with Crippen molar-refractivity contribution in [3.05, 3.63) is 107 Å². The quantitative estimate of drug-likeness (QED) is 0.177. The highest BCUT2D eigenvalue weighted by molar-refractivity contribution is 7.99. The number of hydrogen-bond acceptors (Lipinski definition) is 8. The summed E-state index contributed by atoms with van der Waals surface area (Å²) in [4.78, 5) is 41.0. The highest BCUT2D eigenvalue weighted by atomic mass is 32.2. The maximum Gasteiger partial charge on any atom is 0.251 e. The number of anilines is 2. The number of amides is 2. The van der Waals surface area contributed by atoms with Gasteiger partial charge < -0.3 is 24.6 Å². The Kier molecular flexibility index (Phi) is 10.5. The molecule has 1 aliphatic heterocycles. The van der Waals surface area contributed by atoms with Crippen molar-refractivity contribution in [3.63, 3.8) is 0 Å². The molecule has 0 aliphatic carbocycles. The van der Waals surface area contributed by atoms with Crippen LogP contribution in [0.15, 0.2) is 90.1 Å².